The van der Waals surface area contributed by atoms with Crippen LogP contribution < -0.4 is 5.73 Å². The summed E-state index contributed by atoms with van der Waals surface area (Å²) in [5, 5.41) is 0. The summed E-state index contributed by atoms with van der Waals surface area (Å²) >= 11 is 0. The molecule has 0 fully saturated rings. The first-order valence-electron chi connectivity index (χ1n) is 5.74. The number of nitrogens with two attached hydrogens (primary N) is 1. The van der Waals surface area contributed by atoms with E-state index in [2.05, 4.69) is 4.74 Å². The van der Waals surface area contributed by atoms with E-state index in [1.807, 2.05) is 0 Å². The molecule has 2 aromatic rings. The number of halogens is 4. The van der Waals surface area contributed by atoms with E-state index in [1.54, 1.807) is 0 Å². The molecule has 2 N–H and O–H groups in total. The molecule has 2 aromatic carbocycles. The third kappa shape index (κ3) is 3.13. The molecule has 7 heteroatoms. The van der Waals surface area contributed by atoms with Crippen LogP contribution in [-0.4, -0.2) is 5.97 Å². The fourth-order valence-corrected chi connectivity index (χ4v) is 1.62. The molecule has 0 saturated carbocycles. The molecule has 0 radical (unpaired) electrons. The van der Waals surface area contributed by atoms with Crippen molar-refractivity contribution in [1.82, 2.24) is 0 Å². The van der Waals surface area contributed by atoms with E-state index in [0.717, 1.165) is 18.2 Å². The Bertz CT molecular complexity index is 683. The van der Waals surface area contributed by atoms with Gasteiger partial charge in [0.2, 0.25) is 0 Å². The van der Waals surface area contributed by atoms with Crippen molar-refractivity contribution in [3.05, 3.63) is 64.7 Å². The average molecular weight is 299 g/mol. The van der Waals surface area contributed by atoms with Crippen LogP contribution in [0.3, 0.4) is 0 Å². The Morgan fingerprint density at radius 2 is 1.57 bits per heavy atom. The highest BCUT2D eigenvalue weighted by Gasteiger charge is 2.17. The van der Waals surface area contributed by atoms with Crippen LogP contribution in [0.5, 0.6) is 0 Å². The maximum absolute atomic E-state index is 13.3. The number of anilines is 1. The van der Waals surface area contributed by atoms with Gasteiger partial charge in [-0.05, 0) is 18.2 Å². The van der Waals surface area contributed by atoms with Crippen molar-refractivity contribution in [3.63, 3.8) is 0 Å². The minimum atomic E-state index is -1.28. The molecule has 110 valence electrons. The van der Waals surface area contributed by atoms with E-state index >= 15 is 0 Å². The van der Waals surface area contributed by atoms with Crippen LogP contribution in [0.25, 0.3) is 0 Å². The van der Waals surface area contributed by atoms with Gasteiger partial charge in [0.05, 0.1) is 11.1 Å². The second-order valence-corrected chi connectivity index (χ2v) is 4.13. The fourth-order valence-electron chi connectivity index (χ4n) is 1.62. The Hall–Kier alpha value is -2.57. The first-order chi connectivity index (χ1) is 9.90. The number of hydrogen-bond acceptors (Lipinski definition) is 3. The molecule has 0 saturated heterocycles. The van der Waals surface area contributed by atoms with Gasteiger partial charge >= 0.3 is 5.97 Å². The van der Waals surface area contributed by atoms with Gasteiger partial charge < -0.3 is 10.5 Å². The highest BCUT2D eigenvalue weighted by atomic mass is 19.2. The Morgan fingerprint density at radius 3 is 2.19 bits per heavy atom. The Labute approximate surface area is 116 Å². The maximum Gasteiger partial charge on any atom is 0.340 e. The van der Waals surface area contributed by atoms with Gasteiger partial charge in [-0.3, -0.25) is 0 Å². The van der Waals surface area contributed by atoms with Gasteiger partial charge in [-0.25, -0.2) is 22.4 Å². The molecule has 0 unspecified atom stereocenters. The molecule has 0 spiro atoms. The summed E-state index contributed by atoms with van der Waals surface area (Å²) in [5.74, 6) is -5.39. The predicted molar refractivity (Wildman–Crippen MR) is 66.2 cm³/mol. The van der Waals surface area contributed by atoms with Crippen molar-refractivity contribution >= 4 is 11.7 Å². The van der Waals surface area contributed by atoms with Crippen LogP contribution in [0, 0.1) is 23.3 Å². The van der Waals surface area contributed by atoms with Crippen LogP contribution in [0.15, 0.2) is 30.3 Å². The molecule has 0 aliphatic carbocycles. The lowest BCUT2D eigenvalue weighted by Gasteiger charge is -2.09. The molecule has 2 rings (SSSR count). The van der Waals surface area contributed by atoms with Gasteiger partial charge in [0.1, 0.15) is 18.2 Å². The van der Waals surface area contributed by atoms with Crippen LogP contribution in [-0.2, 0) is 11.3 Å². The van der Waals surface area contributed by atoms with Crippen LogP contribution >= 0.6 is 0 Å². The average Bonchev–Trinajstić information content (AvgIpc) is 2.42. The van der Waals surface area contributed by atoms with Crippen molar-refractivity contribution in [2.75, 3.05) is 5.73 Å². The molecule has 0 aromatic heterocycles. The number of nitrogen functional groups attached to an aromatic ring is 1. The van der Waals surface area contributed by atoms with Crippen molar-refractivity contribution in [2.45, 2.75) is 6.61 Å². The highest BCUT2D eigenvalue weighted by molar-refractivity contribution is 5.95. The smallest absolute Gasteiger partial charge is 0.340 e. The number of ether oxygens (including phenoxy) is 1. The number of carbonyl (C=O) groups is 1. The molecule has 0 amide bonds. The van der Waals surface area contributed by atoms with Gasteiger partial charge in [-0.1, -0.05) is 6.07 Å². The molecule has 0 aliphatic heterocycles. The SMILES string of the molecule is Nc1cc(F)c(F)cc1C(=O)OCc1c(F)cccc1F. The molecular formula is C14H9F4NO2. The zero-order chi connectivity index (χ0) is 15.6. The topological polar surface area (TPSA) is 52.3 Å². The van der Waals surface area contributed by atoms with Crippen molar-refractivity contribution < 1.29 is 27.1 Å². The zero-order valence-corrected chi connectivity index (χ0v) is 10.5. The monoisotopic (exact) mass is 299 g/mol. The second-order valence-electron chi connectivity index (χ2n) is 4.13. The maximum atomic E-state index is 13.3. The van der Waals surface area contributed by atoms with Crippen molar-refractivity contribution in [3.8, 4) is 0 Å². The summed E-state index contributed by atoms with van der Waals surface area (Å²) in [6, 6.07) is 4.33. The lowest BCUT2D eigenvalue weighted by molar-refractivity contribution is 0.0465. The largest absolute Gasteiger partial charge is 0.457 e. The normalized spacial score (nSPS) is 10.5. The van der Waals surface area contributed by atoms with Crippen molar-refractivity contribution in [2.24, 2.45) is 0 Å². The van der Waals surface area contributed by atoms with Gasteiger partial charge in [0.25, 0.3) is 0 Å². The van der Waals surface area contributed by atoms with Gasteiger partial charge in [-0.2, -0.15) is 0 Å². The van der Waals surface area contributed by atoms with E-state index in [9.17, 15) is 22.4 Å². The van der Waals surface area contributed by atoms with E-state index in [0.29, 0.717) is 12.1 Å². The minimum absolute atomic E-state index is 0.340. The summed E-state index contributed by atoms with van der Waals surface area (Å²) < 4.78 is 57.3. The highest BCUT2D eigenvalue weighted by Crippen LogP contribution is 2.19. The summed E-state index contributed by atoms with van der Waals surface area (Å²) in [4.78, 5) is 11.7. The van der Waals surface area contributed by atoms with Crippen molar-refractivity contribution in [1.29, 1.82) is 0 Å². The van der Waals surface area contributed by atoms with E-state index in [1.165, 1.54) is 0 Å². The van der Waals surface area contributed by atoms with E-state index in [-0.39, 0.29) is 5.69 Å². The molecule has 0 heterocycles. The lowest BCUT2D eigenvalue weighted by atomic mass is 10.1. The summed E-state index contributed by atoms with van der Waals surface area (Å²) in [6.45, 7) is -0.699. The third-order valence-corrected chi connectivity index (χ3v) is 2.72. The van der Waals surface area contributed by atoms with Gasteiger partial charge in [0.15, 0.2) is 11.6 Å². The van der Waals surface area contributed by atoms with E-state index < -0.39 is 47.0 Å². The van der Waals surface area contributed by atoms with Gasteiger partial charge in [-0.15, -0.1) is 0 Å². The zero-order valence-electron chi connectivity index (χ0n) is 10.5. The predicted octanol–water partition coefficient (Wildman–Crippen LogP) is 3.18. The van der Waals surface area contributed by atoms with Crippen LogP contribution in [0.4, 0.5) is 23.2 Å². The Morgan fingerprint density at radius 1 is 1.00 bits per heavy atom. The first-order valence-corrected chi connectivity index (χ1v) is 5.74. The Balaban J connectivity index is 2.18. The number of benzene rings is 2. The minimum Gasteiger partial charge on any atom is -0.457 e. The van der Waals surface area contributed by atoms with Crippen LogP contribution in [0.1, 0.15) is 15.9 Å². The standard InChI is InChI=1S/C14H9F4NO2/c15-9-2-1-3-10(16)8(9)6-21-14(20)7-4-11(17)12(18)5-13(7)19/h1-5H,6,19H2. The third-order valence-electron chi connectivity index (χ3n) is 2.72. The number of rotatable bonds is 3. The molecule has 21 heavy (non-hydrogen) atoms. The van der Waals surface area contributed by atoms with Crippen LogP contribution in [0.2, 0.25) is 0 Å². The Kier molecular flexibility index (Phi) is 4.11. The molecular weight excluding hydrogens is 290 g/mol. The first kappa shape index (κ1) is 14.8. The van der Waals surface area contributed by atoms with E-state index in [4.69, 9.17) is 5.73 Å². The number of esters is 1. The second kappa shape index (κ2) is 5.82. The number of hydrogen-bond donors (Lipinski definition) is 1. The summed E-state index contributed by atoms with van der Waals surface area (Å²) in [5.41, 5.74) is 4.15. The number of carbonyl (C=O) groups excluding carboxylic acids is 1. The summed E-state index contributed by atoms with van der Waals surface area (Å²) in [6.07, 6.45) is 0. The molecule has 0 aliphatic rings. The molecule has 0 bridgehead atoms. The fraction of sp³-hybridized carbons (Fsp3) is 0.0714. The quantitative estimate of drug-likeness (QED) is 0.538. The molecule has 0 atom stereocenters. The lowest BCUT2D eigenvalue weighted by Crippen LogP contribution is -2.11. The summed E-state index contributed by atoms with van der Waals surface area (Å²) in [7, 11) is 0. The molecule has 3 nitrogen and oxygen atoms in total. The van der Waals surface area contributed by atoms with Gasteiger partial charge in [0, 0.05) is 11.8 Å².